The van der Waals surface area contributed by atoms with Crippen LogP contribution in [-0.4, -0.2) is 6.54 Å². The zero-order chi connectivity index (χ0) is 13.8. The standard InChI is InChI=1S/C16H20FNO/c1-4-18-16(15-7-8-19-12(15)3)10-13-5-6-14(17)9-11(13)2/h5-9,16,18H,4,10H2,1-3H3. The zero-order valence-electron chi connectivity index (χ0n) is 11.7. The van der Waals surface area contributed by atoms with E-state index in [1.54, 1.807) is 12.3 Å². The maximum atomic E-state index is 13.1. The highest BCUT2D eigenvalue weighted by Crippen LogP contribution is 2.24. The summed E-state index contributed by atoms with van der Waals surface area (Å²) in [5, 5.41) is 3.46. The number of hydrogen-bond donors (Lipinski definition) is 1. The smallest absolute Gasteiger partial charge is 0.123 e. The number of aryl methyl sites for hydroxylation is 2. The maximum absolute atomic E-state index is 13.1. The van der Waals surface area contributed by atoms with Crippen molar-refractivity contribution in [2.24, 2.45) is 0 Å². The lowest BCUT2D eigenvalue weighted by Crippen LogP contribution is -2.23. The monoisotopic (exact) mass is 261 g/mol. The lowest BCUT2D eigenvalue weighted by molar-refractivity contribution is 0.501. The highest BCUT2D eigenvalue weighted by atomic mass is 19.1. The van der Waals surface area contributed by atoms with Crippen molar-refractivity contribution >= 4 is 0 Å². The first-order chi connectivity index (χ1) is 9.11. The molecular weight excluding hydrogens is 241 g/mol. The van der Waals surface area contributed by atoms with Crippen molar-refractivity contribution < 1.29 is 8.81 Å². The molecule has 0 radical (unpaired) electrons. The molecule has 0 spiro atoms. The molecule has 1 aromatic carbocycles. The van der Waals surface area contributed by atoms with Gasteiger partial charge in [-0.05, 0) is 56.1 Å². The van der Waals surface area contributed by atoms with Gasteiger partial charge < -0.3 is 9.73 Å². The summed E-state index contributed by atoms with van der Waals surface area (Å²) in [6, 6.07) is 7.17. The van der Waals surface area contributed by atoms with E-state index in [2.05, 4.69) is 12.2 Å². The van der Waals surface area contributed by atoms with Gasteiger partial charge in [0.1, 0.15) is 11.6 Å². The Hall–Kier alpha value is -1.61. The van der Waals surface area contributed by atoms with Gasteiger partial charge in [-0.15, -0.1) is 0 Å². The van der Waals surface area contributed by atoms with E-state index in [0.717, 1.165) is 29.9 Å². The average molecular weight is 261 g/mol. The van der Waals surface area contributed by atoms with Gasteiger partial charge in [-0.2, -0.15) is 0 Å². The predicted molar refractivity (Wildman–Crippen MR) is 74.7 cm³/mol. The van der Waals surface area contributed by atoms with Crippen LogP contribution >= 0.6 is 0 Å². The fourth-order valence-corrected chi connectivity index (χ4v) is 2.40. The molecule has 2 rings (SSSR count). The lowest BCUT2D eigenvalue weighted by atomic mass is 9.96. The molecule has 1 atom stereocenters. The van der Waals surface area contributed by atoms with E-state index in [0.29, 0.717) is 0 Å². The van der Waals surface area contributed by atoms with Gasteiger partial charge in [0, 0.05) is 11.6 Å². The Morgan fingerprint density at radius 3 is 2.63 bits per heavy atom. The van der Waals surface area contributed by atoms with Crippen LogP contribution in [0.5, 0.6) is 0 Å². The van der Waals surface area contributed by atoms with Crippen LogP contribution < -0.4 is 5.32 Å². The second-order valence-corrected chi connectivity index (χ2v) is 4.82. The van der Waals surface area contributed by atoms with E-state index in [9.17, 15) is 4.39 Å². The third-order valence-electron chi connectivity index (χ3n) is 3.45. The zero-order valence-corrected chi connectivity index (χ0v) is 11.7. The topological polar surface area (TPSA) is 25.2 Å². The van der Waals surface area contributed by atoms with Gasteiger partial charge in [-0.1, -0.05) is 13.0 Å². The van der Waals surface area contributed by atoms with Crippen LogP contribution in [0.25, 0.3) is 0 Å². The number of rotatable bonds is 5. The van der Waals surface area contributed by atoms with E-state index in [1.165, 1.54) is 11.6 Å². The van der Waals surface area contributed by atoms with E-state index in [-0.39, 0.29) is 11.9 Å². The van der Waals surface area contributed by atoms with E-state index in [4.69, 9.17) is 4.42 Å². The molecule has 1 heterocycles. The Morgan fingerprint density at radius 2 is 2.05 bits per heavy atom. The van der Waals surface area contributed by atoms with Crippen LogP contribution in [0, 0.1) is 19.7 Å². The molecule has 0 aliphatic rings. The summed E-state index contributed by atoms with van der Waals surface area (Å²) in [6.07, 6.45) is 2.55. The number of likely N-dealkylation sites (N-methyl/N-ethyl adjacent to an activating group) is 1. The molecule has 1 unspecified atom stereocenters. The quantitative estimate of drug-likeness (QED) is 0.882. The highest BCUT2D eigenvalue weighted by molar-refractivity contribution is 5.30. The fraction of sp³-hybridized carbons (Fsp3) is 0.375. The summed E-state index contributed by atoms with van der Waals surface area (Å²) in [4.78, 5) is 0. The van der Waals surface area contributed by atoms with Crippen molar-refractivity contribution in [1.29, 1.82) is 0 Å². The van der Waals surface area contributed by atoms with Crippen LogP contribution in [0.3, 0.4) is 0 Å². The van der Waals surface area contributed by atoms with Crippen molar-refractivity contribution in [1.82, 2.24) is 5.32 Å². The third kappa shape index (κ3) is 3.24. The molecular formula is C16H20FNO. The normalized spacial score (nSPS) is 12.6. The van der Waals surface area contributed by atoms with Crippen LogP contribution in [0.4, 0.5) is 4.39 Å². The predicted octanol–water partition coefficient (Wildman–Crippen LogP) is 3.93. The van der Waals surface area contributed by atoms with E-state index < -0.39 is 0 Å². The molecule has 0 bridgehead atoms. The molecule has 0 aliphatic carbocycles. The minimum Gasteiger partial charge on any atom is -0.469 e. The Balaban J connectivity index is 2.24. The van der Waals surface area contributed by atoms with Crippen molar-refractivity contribution in [3.8, 4) is 0 Å². The summed E-state index contributed by atoms with van der Waals surface area (Å²) in [5.74, 6) is 0.756. The van der Waals surface area contributed by atoms with E-state index in [1.807, 2.05) is 26.0 Å². The Kier molecular flexibility index (Phi) is 4.38. The first-order valence-corrected chi connectivity index (χ1v) is 6.64. The first-order valence-electron chi connectivity index (χ1n) is 6.64. The second kappa shape index (κ2) is 6.02. The molecule has 2 aromatic rings. The van der Waals surface area contributed by atoms with E-state index >= 15 is 0 Å². The second-order valence-electron chi connectivity index (χ2n) is 4.82. The van der Waals surface area contributed by atoms with Gasteiger partial charge in [-0.25, -0.2) is 4.39 Å². The number of benzene rings is 1. The van der Waals surface area contributed by atoms with Gasteiger partial charge >= 0.3 is 0 Å². The average Bonchev–Trinajstić information content (AvgIpc) is 2.78. The van der Waals surface area contributed by atoms with Crippen molar-refractivity contribution in [3.63, 3.8) is 0 Å². The van der Waals surface area contributed by atoms with Crippen LogP contribution in [0.15, 0.2) is 34.9 Å². The molecule has 0 saturated heterocycles. The highest BCUT2D eigenvalue weighted by Gasteiger charge is 2.16. The summed E-state index contributed by atoms with van der Waals surface area (Å²) in [5.41, 5.74) is 3.32. The number of halogens is 1. The molecule has 102 valence electrons. The number of hydrogen-bond acceptors (Lipinski definition) is 2. The third-order valence-corrected chi connectivity index (χ3v) is 3.45. The number of furan rings is 1. The molecule has 2 nitrogen and oxygen atoms in total. The van der Waals surface area contributed by atoms with Crippen LogP contribution in [0.1, 0.15) is 35.4 Å². The first kappa shape index (κ1) is 13.8. The summed E-state index contributed by atoms with van der Waals surface area (Å²) in [6.45, 7) is 6.89. The molecule has 3 heteroatoms. The fourth-order valence-electron chi connectivity index (χ4n) is 2.40. The molecule has 0 amide bonds. The summed E-state index contributed by atoms with van der Waals surface area (Å²) < 4.78 is 18.5. The Labute approximate surface area is 113 Å². The molecule has 0 aliphatic heterocycles. The molecule has 1 aromatic heterocycles. The Morgan fingerprint density at radius 1 is 1.26 bits per heavy atom. The Bertz CT molecular complexity index is 547. The molecule has 0 fully saturated rings. The van der Waals surface area contributed by atoms with Gasteiger partial charge in [0.05, 0.1) is 6.26 Å². The van der Waals surface area contributed by atoms with Crippen molar-refractivity contribution in [2.75, 3.05) is 6.54 Å². The SMILES string of the molecule is CCNC(Cc1ccc(F)cc1C)c1ccoc1C. The molecule has 0 saturated carbocycles. The minimum absolute atomic E-state index is 0.180. The summed E-state index contributed by atoms with van der Waals surface area (Å²) >= 11 is 0. The number of nitrogens with one attached hydrogen (secondary N) is 1. The van der Waals surface area contributed by atoms with Gasteiger partial charge in [0.15, 0.2) is 0 Å². The minimum atomic E-state index is -0.180. The van der Waals surface area contributed by atoms with Crippen LogP contribution in [-0.2, 0) is 6.42 Å². The molecule has 1 N–H and O–H groups in total. The summed E-state index contributed by atoms with van der Waals surface area (Å²) in [7, 11) is 0. The largest absolute Gasteiger partial charge is 0.469 e. The van der Waals surface area contributed by atoms with Gasteiger partial charge in [0.25, 0.3) is 0 Å². The van der Waals surface area contributed by atoms with Crippen LogP contribution in [0.2, 0.25) is 0 Å². The van der Waals surface area contributed by atoms with Crippen molar-refractivity contribution in [3.05, 3.63) is 58.8 Å². The van der Waals surface area contributed by atoms with Crippen molar-refractivity contribution in [2.45, 2.75) is 33.2 Å². The van der Waals surface area contributed by atoms with Gasteiger partial charge in [0.2, 0.25) is 0 Å². The maximum Gasteiger partial charge on any atom is 0.123 e. The molecule has 19 heavy (non-hydrogen) atoms. The van der Waals surface area contributed by atoms with Gasteiger partial charge in [-0.3, -0.25) is 0 Å². The lowest BCUT2D eigenvalue weighted by Gasteiger charge is -2.18.